The van der Waals surface area contributed by atoms with E-state index in [9.17, 15) is 5.11 Å². The third kappa shape index (κ3) is 4.47. The zero-order valence-electron chi connectivity index (χ0n) is 11.2. The fraction of sp³-hybridized carbons (Fsp3) is 0.312. The summed E-state index contributed by atoms with van der Waals surface area (Å²) in [6, 6.07) is 14.3. The first-order chi connectivity index (χ1) is 9.28. The van der Waals surface area contributed by atoms with Gasteiger partial charge in [0.2, 0.25) is 0 Å². The second-order valence-corrected chi connectivity index (χ2v) is 4.76. The first-order valence-electron chi connectivity index (χ1n) is 6.57. The van der Waals surface area contributed by atoms with Crippen LogP contribution in [0.3, 0.4) is 0 Å². The average molecular weight is 256 g/mol. The number of nitrogens with one attached hydrogen (secondary N) is 1. The highest BCUT2D eigenvalue weighted by atomic mass is 16.3. The SMILES string of the molecule is Cc1ccc(CNC(CO)Cc2ccccc2)cn1. The molecule has 0 saturated heterocycles. The van der Waals surface area contributed by atoms with Crippen LogP contribution in [0.25, 0.3) is 0 Å². The summed E-state index contributed by atoms with van der Waals surface area (Å²) in [7, 11) is 0. The zero-order valence-corrected chi connectivity index (χ0v) is 11.2. The lowest BCUT2D eigenvalue weighted by atomic mass is 10.1. The maximum Gasteiger partial charge on any atom is 0.0587 e. The van der Waals surface area contributed by atoms with Crippen LogP contribution in [-0.2, 0) is 13.0 Å². The minimum Gasteiger partial charge on any atom is -0.395 e. The normalized spacial score (nSPS) is 12.3. The van der Waals surface area contributed by atoms with Gasteiger partial charge in [0.25, 0.3) is 0 Å². The van der Waals surface area contributed by atoms with Gasteiger partial charge in [-0.25, -0.2) is 0 Å². The monoisotopic (exact) mass is 256 g/mol. The number of rotatable bonds is 6. The fourth-order valence-corrected chi connectivity index (χ4v) is 1.97. The number of hydrogen-bond donors (Lipinski definition) is 2. The van der Waals surface area contributed by atoms with Crippen LogP contribution in [0, 0.1) is 6.92 Å². The topological polar surface area (TPSA) is 45.1 Å². The summed E-state index contributed by atoms with van der Waals surface area (Å²) in [4.78, 5) is 4.26. The van der Waals surface area contributed by atoms with Gasteiger partial charge in [-0.1, -0.05) is 36.4 Å². The molecule has 0 aliphatic carbocycles. The Labute approximate surface area is 114 Å². The third-order valence-corrected chi connectivity index (χ3v) is 3.11. The molecule has 3 nitrogen and oxygen atoms in total. The van der Waals surface area contributed by atoms with Crippen LogP contribution in [0.15, 0.2) is 48.7 Å². The summed E-state index contributed by atoms with van der Waals surface area (Å²) < 4.78 is 0. The van der Waals surface area contributed by atoms with Crippen molar-refractivity contribution in [3.8, 4) is 0 Å². The molecular weight excluding hydrogens is 236 g/mol. The molecular formula is C16H20N2O. The van der Waals surface area contributed by atoms with Gasteiger partial charge in [-0.3, -0.25) is 4.98 Å². The predicted molar refractivity (Wildman–Crippen MR) is 76.8 cm³/mol. The number of aromatic nitrogens is 1. The second-order valence-electron chi connectivity index (χ2n) is 4.76. The Morgan fingerprint density at radius 2 is 1.89 bits per heavy atom. The quantitative estimate of drug-likeness (QED) is 0.832. The third-order valence-electron chi connectivity index (χ3n) is 3.11. The molecule has 0 aliphatic heterocycles. The molecule has 1 aromatic heterocycles. The molecule has 3 heteroatoms. The van der Waals surface area contributed by atoms with Gasteiger partial charge in [0, 0.05) is 24.5 Å². The van der Waals surface area contributed by atoms with E-state index in [2.05, 4.69) is 28.5 Å². The van der Waals surface area contributed by atoms with E-state index in [0.717, 1.165) is 24.2 Å². The van der Waals surface area contributed by atoms with E-state index >= 15 is 0 Å². The van der Waals surface area contributed by atoms with Crippen molar-refractivity contribution in [2.24, 2.45) is 0 Å². The Morgan fingerprint density at radius 3 is 2.53 bits per heavy atom. The highest BCUT2D eigenvalue weighted by molar-refractivity contribution is 5.16. The molecule has 1 unspecified atom stereocenters. The molecule has 0 saturated carbocycles. The summed E-state index contributed by atoms with van der Waals surface area (Å²) >= 11 is 0. The Kier molecular flexibility index (Phi) is 5.07. The highest BCUT2D eigenvalue weighted by Crippen LogP contribution is 2.04. The van der Waals surface area contributed by atoms with E-state index < -0.39 is 0 Å². The van der Waals surface area contributed by atoms with E-state index in [1.54, 1.807) is 0 Å². The lowest BCUT2D eigenvalue weighted by molar-refractivity contribution is 0.241. The summed E-state index contributed by atoms with van der Waals surface area (Å²) in [5.74, 6) is 0. The molecule has 2 aromatic rings. The van der Waals surface area contributed by atoms with Crippen molar-refractivity contribution in [2.45, 2.75) is 25.9 Å². The van der Waals surface area contributed by atoms with Gasteiger partial charge < -0.3 is 10.4 Å². The molecule has 1 aromatic carbocycles. The minimum absolute atomic E-state index is 0.0729. The van der Waals surface area contributed by atoms with Gasteiger partial charge in [-0.15, -0.1) is 0 Å². The molecule has 0 radical (unpaired) electrons. The molecule has 100 valence electrons. The van der Waals surface area contributed by atoms with Crippen LogP contribution in [0.4, 0.5) is 0 Å². The predicted octanol–water partition coefficient (Wildman–Crippen LogP) is 2.08. The number of aliphatic hydroxyl groups is 1. The Hall–Kier alpha value is -1.71. The second kappa shape index (κ2) is 7.02. The van der Waals surface area contributed by atoms with E-state index in [-0.39, 0.29) is 12.6 Å². The van der Waals surface area contributed by atoms with E-state index in [1.807, 2.05) is 37.4 Å². The molecule has 0 bridgehead atoms. The van der Waals surface area contributed by atoms with E-state index in [4.69, 9.17) is 0 Å². The van der Waals surface area contributed by atoms with Crippen molar-refractivity contribution >= 4 is 0 Å². The van der Waals surface area contributed by atoms with E-state index in [0.29, 0.717) is 0 Å². The van der Waals surface area contributed by atoms with Gasteiger partial charge in [-0.2, -0.15) is 0 Å². The molecule has 1 atom stereocenters. The first kappa shape index (κ1) is 13.7. The summed E-state index contributed by atoms with van der Waals surface area (Å²) in [6.07, 6.45) is 2.70. The lowest BCUT2D eigenvalue weighted by Crippen LogP contribution is -2.34. The van der Waals surface area contributed by atoms with Crippen molar-refractivity contribution in [1.82, 2.24) is 10.3 Å². The smallest absolute Gasteiger partial charge is 0.0587 e. The summed E-state index contributed by atoms with van der Waals surface area (Å²) in [6.45, 7) is 2.84. The summed E-state index contributed by atoms with van der Waals surface area (Å²) in [5, 5.41) is 12.8. The van der Waals surface area contributed by atoms with Crippen LogP contribution >= 0.6 is 0 Å². The van der Waals surface area contributed by atoms with Crippen LogP contribution in [-0.4, -0.2) is 22.7 Å². The van der Waals surface area contributed by atoms with Crippen molar-refractivity contribution in [1.29, 1.82) is 0 Å². The van der Waals surface area contributed by atoms with Gasteiger partial charge in [-0.05, 0) is 30.5 Å². The van der Waals surface area contributed by atoms with Crippen LogP contribution < -0.4 is 5.32 Å². The molecule has 0 fully saturated rings. The number of aryl methyl sites for hydroxylation is 1. The van der Waals surface area contributed by atoms with Crippen LogP contribution in [0.5, 0.6) is 0 Å². The fourth-order valence-electron chi connectivity index (χ4n) is 1.97. The largest absolute Gasteiger partial charge is 0.395 e. The number of aliphatic hydroxyl groups excluding tert-OH is 1. The molecule has 0 spiro atoms. The Bertz CT molecular complexity index is 482. The van der Waals surface area contributed by atoms with Crippen molar-refractivity contribution in [2.75, 3.05) is 6.61 Å². The number of benzene rings is 1. The average Bonchev–Trinajstić information content (AvgIpc) is 2.46. The van der Waals surface area contributed by atoms with Crippen LogP contribution in [0.2, 0.25) is 0 Å². The van der Waals surface area contributed by atoms with Gasteiger partial charge >= 0.3 is 0 Å². The first-order valence-corrected chi connectivity index (χ1v) is 6.57. The van der Waals surface area contributed by atoms with Crippen LogP contribution in [0.1, 0.15) is 16.8 Å². The molecule has 1 heterocycles. The molecule has 19 heavy (non-hydrogen) atoms. The van der Waals surface area contributed by atoms with Gasteiger partial charge in [0.05, 0.1) is 6.61 Å². The maximum atomic E-state index is 9.43. The Balaban J connectivity index is 1.87. The molecule has 2 N–H and O–H groups in total. The lowest BCUT2D eigenvalue weighted by Gasteiger charge is -2.16. The minimum atomic E-state index is 0.0729. The molecule has 2 rings (SSSR count). The zero-order chi connectivity index (χ0) is 13.5. The summed E-state index contributed by atoms with van der Waals surface area (Å²) in [5.41, 5.74) is 3.39. The standard InChI is InChI=1S/C16H20N2O/c1-13-7-8-15(10-17-13)11-18-16(12-19)9-14-5-3-2-4-6-14/h2-8,10,16,18-19H,9,11-12H2,1H3. The van der Waals surface area contributed by atoms with Gasteiger partial charge in [0.15, 0.2) is 0 Å². The highest BCUT2D eigenvalue weighted by Gasteiger charge is 2.07. The molecule has 0 aliphatic rings. The molecule has 0 amide bonds. The Morgan fingerprint density at radius 1 is 1.11 bits per heavy atom. The van der Waals surface area contributed by atoms with Crippen molar-refractivity contribution in [3.05, 3.63) is 65.5 Å². The van der Waals surface area contributed by atoms with E-state index in [1.165, 1.54) is 5.56 Å². The van der Waals surface area contributed by atoms with Crippen molar-refractivity contribution in [3.63, 3.8) is 0 Å². The number of nitrogens with zero attached hydrogens (tertiary/aromatic N) is 1. The number of hydrogen-bond acceptors (Lipinski definition) is 3. The maximum absolute atomic E-state index is 9.43. The van der Waals surface area contributed by atoms with Crippen molar-refractivity contribution < 1.29 is 5.11 Å². The number of pyridine rings is 1. The van der Waals surface area contributed by atoms with Gasteiger partial charge in [0.1, 0.15) is 0 Å².